The highest BCUT2D eigenvalue weighted by molar-refractivity contribution is 5.85. The number of hydrogen-bond acceptors (Lipinski definition) is 3. The number of hydrogen-bond donors (Lipinski definition) is 2. The maximum Gasteiger partial charge on any atom is 0.237 e. The zero-order valence-electron chi connectivity index (χ0n) is 10.2. The summed E-state index contributed by atoms with van der Waals surface area (Å²) in [6.45, 7) is 4.34. The first-order chi connectivity index (χ1) is 6.93. The molecule has 0 spiro atoms. The van der Waals surface area contributed by atoms with Crippen LogP contribution in [0.4, 0.5) is 0 Å². The van der Waals surface area contributed by atoms with Crippen LogP contribution in [-0.2, 0) is 4.79 Å². The van der Waals surface area contributed by atoms with Gasteiger partial charge in [0.05, 0.1) is 5.54 Å². The molecule has 4 nitrogen and oxygen atoms in total. The van der Waals surface area contributed by atoms with Crippen molar-refractivity contribution in [2.45, 2.75) is 50.7 Å². The van der Waals surface area contributed by atoms with E-state index in [-0.39, 0.29) is 5.91 Å². The first kappa shape index (κ1) is 12.5. The summed E-state index contributed by atoms with van der Waals surface area (Å²) in [5.74, 6) is -0.218. The Bertz CT molecular complexity index is 242. The molecule has 1 fully saturated rings. The van der Waals surface area contributed by atoms with Gasteiger partial charge in [-0.2, -0.15) is 0 Å². The second-order valence-electron chi connectivity index (χ2n) is 4.85. The van der Waals surface area contributed by atoms with Crippen molar-refractivity contribution in [3.8, 4) is 0 Å². The smallest absolute Gasteiger partial charge is 0.237 e. The minimum Gasteiger partial charge on any atom is -0.368 e. The molecule has 0 aromatic rings. The SMILES string of the molecule is CNC1(C(N)=O)CCC(N(C)C(C)C)C1. The van der Waals surface area contributed by atoms with Gasteiger partial charge in [0.2, 0.25) is 5.91 Å². The number of amides is 1. The van der Waals surface area contributed by atoms with Crippen molar-refractivity contribution in [3.63, 3.8) is 0 Å². The van der Waals surface area contributed by atoms with E-state index in [0.717, 1.165) is 19.3 Å². The van der Waals surface area contributed by atoms with Crippen LogP contribution in [0.3, 0.4) is 0 Å². The van der Waals surface area contributed by atoms with Gasteiger partial charge in [-0.15, -0.1) is 0 Å². The number of carbonyl (C=O) groups is 1. The first-order valence-corrected chi connectivity index (χ1v) is 5.63. The summed E-state index contributed by atoms with van der Waals surface area (Å²) in [5, 5.41) is 3.10. The minimum absolute atomic E-state index is 0.218. The molecule has 0 aliphatic heterocycles. The lowest BCUT2D eigenvalue weighted by atomic mass is 9.96. The molecule has 4 heteroatoms. The van der Waals surface area contributed by atoms with Gasteiger partial charge in [0.15, 0.2) is 0 Å². The van der Waals surface area contributed by atoms with Crippen molar-refractivity contribution >= 4 is 5.91 Å². The van der Waals surface area contributed by atoms with Crippen LogP contribution in [0.25, 0.3) is 0 Å². The molecular weight excluding hydrogens is 190 g/mol. The number of likely N-dealkylation sites (N-methyl/N-ethyl adjacent to an activating group) is 1. The summed E-state index contributed by atoms with van der Waals surface area (Å²) in [5.41, 5.74) is 4.98. The summed E-state index contributed by atoms with van der Waals surface area (Å²) in [6.07, 6.45) is 2.71. The van der Waals surface area contributed by atoms with Crippen LogP contribution in [0, 0.1) is 0 Å². The standard InChI is InChI=1S/C11H23N3O/c1-8(2)14(4)9-5-6-11(7-9,13-3)10(12)15/h8-9,13H,5-7H2,1-4H3,(H2,12,15). The van der Waals surface area contributed by atoms with Crippen LogP contribution in [0.5, 0.6) is 0 Å². The molecule has 1 aliphatic carbocycles. The van der Waals surface area contributed by atoms with Crippen molar-refractivity contribution < 1.29 is 4.79 Å². The van der Waals surface area contributed by atoms with Crippen LogP contribution in [-0.4, -0.2) is 42.5 Å². The van der Waals surface area contributed by atoms with Crippen molar-refractivity contribution in [2.75, 3.05) is 14.1 Å². The molecule has 0 heterocycles. The third kappa shape index (κ3) is 2.32. The molecule has 3 N–H and O–H groups in total. The van der Waals surface area contributed by atoms with Gasteiger partial charge in [0.1, 0.15) is 0 Å². The van der Waals surface area contributed by atoms with Gasteiger partial charge in [-0.25, -0.2) is 0 Å². The Morgan fingerprint density at radius 1 is 1.60 bits per heavy atom. The minimum atomic E-state index is -0.478. The number of nitrogens with two attached hydrogens (primary N) is 1. The molecule has 0 aromatic carbocycles. The summed E-state index contributed by atoms with van der Waals surface area (Å²) < 4.78 is 0. The molecule has 88 valence electrons. The first-order valence-electron chi connectivity index (χ1n) is 5.63. The van der Waals surface area contributed by atoms with Crippen molar-refractivity contribution in [1.29, 1.82) is 0 Å². The van der Waals surface area contributed by atoms with Crippen molar-refractivity contribution in [1.82, 2.24) is 10.2 Å². The number of rotatable bonds is 4. The lowest BCUT2D eigenvalue weighted by Gasteiger charge is -2.30. The molecule has 1 saturated carbocycles. The van der Waals surface area contributed by atoms with Crippen LogP contribution in [0.2, 0.25) is 0 Å². The maximum absolute atomic E-state index is 11.4. The number of carbonyl (C=O) groups excluding carboxylic acids is 1. The average molecular weight is 213 g/mol. The number of primary amides is 1. The van der Waals surface area contributed by atoms with Gasteiger partial charge in [0.25, 0.3) is 0 Å². The van der Waals surface area contributed by atoms with Gasteiger partial charge in [-0.05, 0) is 47.2 Å². The van der Waals surface area contributed by atoms with E-state index in [4.69, 9.17) is 5.73 Å². The average Bonchev–Trinajstić information content (AvgIpc) is 2.61. The fourth-order valence-corrected chi connectivity index (χ4v) is 2.36. The Kier molecular flexibility index (Phi) is 3.73. The Morgan fingerprint density at radius 3 is 2.53 bits per heavy atom. The second-order valence-corrected chi connectivity index (χ2v) is 4.85. The molecule has 1 amide bonds. The fourth-order valence-electron chi connectivity index (χ4n) is 2.36. The Morgan fingerprint density at radius 2 is 2.20 bits per heavy atom. The fraction of sp³-hybridized carbons (Fsp3) is 0.909. The van der Waals surface area contributed by atoms with Crippen molar-refractivity contribution in [2.24, 2.45) is 5.73 Å². The van der Waals surface area contributed by atoms with E-state index in [9.17, 15) is 4.79 Å². The maximum atomic E-state index is 11.4. The van der Waals surface area contributed by atoms with Gasteiger partial charge < -0.3 is 16.0 Å². The zero-order chi connectivity index (χ0) is 11.6. The lowest BCUT2D eigenvalue weighted by Crippen LogP contribution is -2.53. The monoisotopic (exact) mass is 213 g/mol. The highest BCUT2D eigenvalue weighted by atomic mass is 16.1. The molecule has 0 bridgehead atoms. The highest BCUT2D eigenvalue weighted by Gasteiger charge is 2.44. The Labute approximate surface area is 92.2 Å². The van der Waals surface area contributed by atoms with Gasteiger partial charge in [-0.1, -0.05) is 0 Å². The van der Waals surface area contributed by atoms with Crippen LogP contribution in [0.15, 0.2) is 0 Å². The van der Waals surface area contributed by atoms with E-state index in [1.807, 2.05) is 7.05 Å². The van der Waals surface area contributed by atoms with E-state index < -0.39 is 5.54 Å². The Balaban J connectivity index is 2.69. The number of nitrogens with one attached hydrogen (secondary N) is 1. The van der Waals surface area contributed by atoms with E-state index in [2.05, 4.69) is 31.1 Å². The van der Waals surface area contributed by atoms with E-state index in [1.165, 1.54) is 0 Å². The van der Waals surface area contributed by atoms with E-state index in [1.54, 1.807) is 0 Å². The van der Waals surface area contributed by atoms with Crippen LogP contribution in [0.1, 0.15) is 33.1 Å². The predicted octanol–water partition coefficient (Wildman–Crippen LogP) is 0.323. The molecule has 1 rings (SSSR count). The molecule has 15 heavy (non-hydrogen) atoms. The second kappa shape index (κ2) is 4.49. The molecule has 2 atom stereocenters. The van der Waals surface area contributed by atoms with Crippen LogP contribution < -0.4 is 11.1 Å². The van der Waals surface area contributed by atoms with Gasteiger partial charge in [0, 0.05) is 12.1 Å². The molecule has 1 aliphatic rings. The third-order valence-corrected chi connectivity index (χ3v) is 3.83. The topological polar surface area (TPSA) is 58.4 Å². The predicted molar refractivity (Wildman–Crippen MR) is 61.5 cm³/mol. The van der Waals surface area contributed by atoms with E-state index >= 15 is 0 Å². The summed E-state index contributed by atoms with van der Waals surface area (Å²) in [7, 11) is 3.94. The highest BCUT2D eigenvalue weighted by Crippen LogP contribution is 2.32. The molecular formula is C11H23N3O. The normalized spacial score (nSPS) is 31.5. The van der Waals surface area contributed by atoms with Gasteiger partial charge in [-0.3, -0.25) is 4.79 Å². The molecule has 0 aromatic heterocycles. The molecule has 2 unspecified atom stereocenters. The summed E-state index contributed by atoms with van der Waals surface area (Å²) in [4.78, 5) is 13.8. The quantitative estimate of drug-likeness (QED) is 0.707. The summed E-state index contributed by atoms with van der Waals surface area (Å²) >= 11 is 0. The van der Waals surface area contributed by atoms with E-state index in [0.29, 0.717) is 12.1 Å². The largest absolute Gasteiger partial charge is 0.368 e. The Hall–Kier alpha value is -0.610. The number of nitrogens with zero attached hydrogens (tertiary/aromatic N) is 1. The van der Waals surface area contributed by atoms with Crippen LogP contribution >= 0.6 is 0 Å². The zero-order valence-corrected chi connectivity index (χ0v) is 10.2. The third-order valence-electron chi connectivity index (χ3n) is 3.83. The molecule has 0 saturated heterocycles. The van der Waals surface area contributed by atoms with Crippen molar-refractivity contribution in [3.05, 3.63) is 0 Å². The lowest BCUT2D eigenvalue weighted by molar-refractivity contribution is -0.124. The molecule has 0 radical (unpaired) electrons. The summed E-state index contributed by atoms with van der Waals surface area (Å²) in [6, 6.07) is 0.973. The van der Waals surface area contributed by atoms with Gasteiger partial charge >= 0.3 is 0 Å².